The molecule has 0 unspecified atom stereocenters. The van der Waals surface area contributed by atoms with Crippen molar-refractivity contribution in [3.63, 3.8) is 0 Å². The van der Waals surface area contributed by atoms with Gasteiger partial charge in [-0.2, -0.15) is 0 Å². The van der Waals surface area contributed by atoms with Crippen LogP contribution in [0.25, 0.3) is 0 Å². The van der Waals surface area contributed by atoms with E-state index in [1.54, 1.807) is 0 Å². The zero-order valence-electron chi connectivity index (χ0n) is 10.2. The number of amides is 1. The average Bonchev–Trinajstić information content (AvgIpc) is 2.72. The second-order valence-electron chi connectivity index (χ2n) is 4.50. The second kappa shape index (κ2) is 6.14. The maximum atomic E-state index is 11.7. The normalized spacial score (nSPS) is 23.8. The first-order valence-corrected chi connectivity index (χ1v) is 7.64. The fourth-order valence-corrected chi connectivity index (χ4v) is 2.48. The van der Waals surface area contributed by atoms with E-state index in [0.29, 0.717) is 19.3 Å². The van der Waals surface area contributed by atoms with Crippen molar-refractivity contribution in [1.29, 1.82) is 0 Å². The maximum Gasteiger partial charge on any atom is 0.306 e. The van der Waals surface area contributed by atoms with Crippen LogP contribution < -0.4 is 10.0 Å². The molecule has 0 aromatic rings. The molecule has 18 heavy (non-hydrogen) atoms. The summed E-state index contributed by atoms with van der Waals surface area (Å²) in [5, 5.41) is 11.4. The summed E-state index contributed by atoms with van der Waals surface area (Å²) >= 11 is 0. The van der Waals surface area contributed by atoms with Gasteiger partial charge in [-0.1, -0.05) is 0 Å². The first-order chi connectivity index (χ1) is 8.29. The molecule has 0 aliphatic heterocycles. The van der Waals surface area contributed by atoms with Gasteiger partial charge in [0.2, 0.25) is 15.9 Å². The van der Waals surface area contributed by atoms with Gasteiger partial charge in [-0.15, -0.1) is 0 Å². The molecule has 0 spiro atoms. The highest BCUT2D eigenvalue weighted by Gasteiger charge is 2.33. The standard InChI is InChI=1S/C10H18N2O5S/c1-18(16,17)12-5-4-11-9(13)7-2-3-8(6-7)10(14)15/h7-8,12H,2-6H2,1H3,(H,11,13)(H,14,15)/t7-,8+/m1/s1. The molecule has 8 heteroatoms. The molecule has 7 nitrogen and oxygen atoms in total. The van der Waals surface area contributed by atoms with Crippen LogP contribution in [0.4, 0.5) is 0 Å². The molecule has 0 bridgehead atoms. The molecule has 104 valence electrons. The Balaban J connectivity index is 2.24. The Morgan fingerprint density at radius 3 is 2.33 bits per heavy atom. The molecular formula is C10H18N2O5S. The lowest BCUT2D eigenvalue weighted by molar-refractivity contribution is -0.141. The Hall–Kier alpha value is -1.15. The minimum Gasteiger partial charge on any atom is -0.481 e. The highest BCUT2D eigenvalue weighted by molar-refractivity contribution is 7.88. The quantitative estimate of drug-likeness (QED) is 0.548. The Labute approximate surface area is 106 Å². The van der Waals surface area contributed by atoms with Crippen molar-refractivity contribution in [2.75, 3.05) is 19.3 Å². The Morgan fingerprint density at radius 1 is 1.22 bits per heavy atom. The van der Waals surface area contributed by atoms with Crippen molar-refractivity contribution in [2.45, 2.75) is 19.3 Å². The summed E-state index contributed by atoms with van der Waals surface area (Å²) in [5.41, 5.74) is 0. The van der Waals surface area contributed by atoms with Gasteiger partial charge in [0.05, 0.1) is 12.2 Å². The number of rotatable bonds is 6. The first kappa shape index (κ1) is 14.9. The number of aliphatic carboxylic acids is 1. The van der Waals surface area contributed by atoms with Crippen LogP contribution in [0.3, 0.4) is 0 Å². The van der Waals surface area contributed by atoms with E-state index in [1.807, 2.05) is 0 Å². The van der Waals surface area contributed by atoms with E-state index in [2.05, 4.69) is 10.0 Å². The molecular weight excluding hydrogens is 260 g/mol. The van der Waals surface area contributed by atoms with Gasteiger partial charge in [-0.3, -0.25) is 9.59 Å². The Bertz CT molecular complexity index is 420. The van der Waals surface area contributed by atoms with Crippen molar-refractivity contribution >= 4 is 21.9 Å². The van der Waals surface area contributed by atoms with Gasteiger partial charge in [0, 0.05) is 19.0 Å². The summed E-state index contributed by atoms with van der Waals surface area (Å²) in [6, 6.07) is 0. The molecule has 0 saturated heterocycles. The predicted octanol–water partition coefficient (Wildman–Crippen LogP) is -0.847. The van der Waals surface area contributed by atoms with E-state index < -0.39 is 21.9 Å². The van der Waals surface area contributed by atoms with Crippen LogP contribution in [0.2, 0.25) is 0 Å². The van der Waals surface area contributed by atoms with Crippen molar-refractivity contribution in [3.05, 3.63) is 0 Å². The number of carboxylic acid groups (broad SMARTS) is 1. The van der Waals surface area contributed by atoms with Crippen molar-refractivity contribution in [1.82, 2.24) is 10.0 Å². The zero-order valence-corrected chi connectivity index (χ0v) is 11.0. The number of carbonyl (C=O) groups excluding carboxylic acids is 1. The van der Waals surface area contributed by atoms with Crippen molar-refractivity contribution in [3.8, 4) is 0 Å². The summed E-state index contributed by atoms with van der Waals surface area (Å²) in [6.07, 6.45) is 2.50. The van der Waals surface area contributed by atoms with E-state index in [4.69, 9.17) is 5.11 Å². The van der Waals surface area contributed by atoms with Gasteiger partial charge in [-0.25, -0.2) is 13.1 Å². The fourth-order valence-electron chi connectivity index (χ4n) is 2.01. The third-order valence-electron chi connectivity index (χ3n) is 2.94. The van der Waals surface area contributed by atoms with Crippen LogP contribution in [0.1, 0.15) is 19.3 Å². The topological polar surface area (TPSA) is 113 Å². The molecule has 1 rings (SSSR count). The van der Waals surface area contributed by atoms with Gasteiger partial charge in [0.25, 0.3) is 0 Å². The molecule has 0 heterocycles. The van der Waals surface area contributed by atoms with Crippen LogP contribution in [0, 0.1) is 11.8 Å². The number of nitrogens with one attached hydrogen (secondary N) is 2. The lowest BCUT2D eigenvalue weighted by Crippen LogP contribution is -2.36. The lowest BCUT2D eigenvalue weighted by atomic mass is 10.0. The second-order valence-corrected chi connectivity index (χ2v) is 6.34. The van der Waals surface area contributed by atoms with E-state index in [9.17, 15) is 18.0 Å². The largest absolute Gasteiger partial charge is 0.481 e. The molecule has 1 saturated carbocycles. The van der Waals surface area contributed by atoms with Gasteiger partial charge in [0.1, 0.15) is 0 Å². The number of carbonyl (C=O) groups is 2. The van der Waals surface area contributed by atoms with Crippen LogP contribution in [0.5, 0.6) is 0 Å². The predicted molar refractivity (Wildman–Crippen MR) is 64.3 cm³/mol. The van der Waals surface area contributed by atoms with E-state index >= 15 is 0 Å². The molecule has 0 aromatic carbocycles. The molecule has 0 aromatic heterocycles. The van der Waals surface area contributed by atoms with Gasteiger partial charge < -0.3 is 10.4 Å². The first-order valence-electron chi connectivity index (χ1n) is 5.75. The SMILES string of the molecule is CS(=O)(=O)NCCNC(=O)[C@@H]1CC[C@H](C(=O)O)C1. The summed E-state index contributed by atoms with van der Waals surface area (Å²) in [6.45, 7) is 0.347. The smallest absolute Gasteiger partial charge is 0.306 e. The molecule has 1 fully saturated rings. The van der Waals surface area contributed by atoms with Crippen molar-refractivity contribution in [2.24, 2.45) is 11.8 Å². The third kappa shape index (κ3) is 5.01. The summed E-state index contributed by atoms with van der Waals surface area (Å²) in [7, 11) is -3.24. The fraction of sp³-hybridized carbons (Fsp3) is 0.800. The van der Waals surface area contributed by atoms with Crippen LogP contribution in [0.15, 0.2) is 0 Å². The van der Waals surface area contributed by atoms with E-state index in [-0.39, 0.29) is 24.9 Å². The molecule has 1 amide bonds. The van der Waals surface area contributed by atoms with Crippen LogP contribution in [-0.4, -0.2) is 44.7 Å². The summed E-state index contributed by atoms with van der Waals surface area (Å²) in [5.74, 6) is -1.77. The highest BCUT2D eigenvalue weighted by atomic mass is 32.2. The molecule has 1 aliphatic carbocycles. The minimum atomic E-state index is -3.24. The average molecular weight is 278 g/mol. The van der Waals surface area contributed by atoms with E-state index in [1.165, 1.54) is 0 Å². The third-order valence-corrected chi connectivity index (χ3v) is 3.67. The van der Waals surface area contributed by atoms with Crippen LogP contribution in [-0.2, 0) is 19.6 Å². The molecule has 3 N–H and O–H groups in total. The van der Waals surface area contributed by atoms with E-state index in [0.717, 1.165) is 6.26 Å². The van der Waals surface area contributed by atoms with Gasteiger partial charge in [-0.05, 0) is 19.3 Å². The van der Waals surface area contributed by atoms with Crippen LogP contribution >= 0.6 is 0 Å². The zero-order chi connectivity index (χ0) is 13.8. The highest BCUT2D eigenvalue weighted by Crippen LogP contribution is 2.30. The van der Waals surface area contributed by atoms with Crippen molar-refractivity contribution < 1.29 is 23.1 Å². The minimum absolute atomic E-state index is 0.139. The molecule has 2 atom stereocenters. The number of sulfonamides is 1. The monoisotopic (exact) mass is 278 g/mol. The maximum absolute atomic E-state index is 11.7. The lowest BCUT2D eigenvalue weighted by Gasteiger charge is -2.10. The number of hydrogen-bond donors (Lipinski definition) is 3. The Morgan fingerprint density at radius 2 is 1.83 bits per heavy atom. The van der Waals surface area contributed by atoms with Gasteiger partial charge in [0.15, 0.2) is 0 Å². The number of carboxylic acids is 1. The molecule has 1 aliphatic rings. The summed E-state index contributed by atoms with van der Waals surface area (Å²) < 4.78 is 23.8. The summed E-state index contributed by atoms with van der Waals surface area (Å²) in [4.78, 5) is 22.4. The Kier molecular flexibility index (Phi) is 5.09. The number of hydrogen-bond acceptors (Lipinski definition) is 4. The molecule has 0 radical (unpaired) electrons. The van der Waals surface area contributed by atoms with Gasteiger partial charge >= 0.3 is 5.97 Å².